The summed E-state index contributed by atoms with van der Waals surface area (Å²) in [5.41, 5.74) is -1.10. The number of furan rings is 1. The number of benzene rings is 1. The van der Waals surface area contributed by atoms with Crippen LogP contribution >= 0.6 is 11.3 Å². The number of carbonyl (C=O) groups excluding carboxylic acids is 1. The first kappa shape index (κ1) is 18.8. The van der Waals surface area contributed by atoms with Gasteiger partial charge >= 0.3 is 5.69 Å². The molecule has 1 aromatic carbocycles. The first-order valence-electron chi connectivity index (χ1n) is 8.42. The number of anilines is 1. The number of fused-ring (bicyclic) bond motifs is 1. The number of amides is 1. The van der Waals surface area contributed by atoms with Crippen molar-refractivity contribution in [2.75, 3.05) is 5.32 Å². The van der Waals surface area contributed by atoms with Crippen molar-refractivity contribution in [2.24, 2.45) is 0 Å². The van der Waals surface area contributed by atoms with Gasteiger partial charge in [-0.3, -0.25) is 18.7 Å². The average Bonchev–Trinajstić information content (AvgIpc) is 3.36. The van der Waals surface area contributed by atoms with Gasteiger partial charge in [0.05, 0.1) is 24.0 Å². The van der Waals surface area contributed by atoms with Crippen LogP contribution in [0.1, 0.15) is 5.76 Å². The highest BCUT2D eigenvalue weighted by Gasteiger charge is 2.18. The van der Waals surface area contributed by atoms with Gasteiger partial charge in [-0.15, -0.1) is 11.3 Å². The van der Waals surface area contributed by atoms with Gasteiger partial charge in [0.1, 0.15) is 28.6 Å². The van der Waals surface area contributed by atoms with Crippen molar-refractivity contribution in [2.45, 2.75) is 13.1 Å². The zero-order valence-corrected chi connectivity index (χ0v) is 15.5. The molecular weight excluding hydrogens is 404 g/mol. The Balaban J connectivity index is 1.71. The number of hydrogen-bond acceptors (Lipinski definition) is 5. The molecule has 0 fully saturated rings. The molecule has 0 saturated carbocycles. The van der Waals surface area contributed by atoms with E-state index in [1.54, 1.807) is 23.6 Å². The average molecular weight is 417 g/mol. The second kappa shape index (κ2) is 7.47. The lowest BCUT2D eigenvalue weighted by molar-refractivity contribution is -0.116. The van der Waals surface area contributed by atoms with Gasteiger partial charge in [-0.25, -0.2) is 13.6 Å². The van der Waals surface area contributed by atoms with Crippen LogP contribution in [0.25, 0.3) is 10.2 Å². The van der Waals surface area contributed by atoms with E-state index in [2.05, 4.69) is 5.32 Å². The predicted octanol–water partition coefficient (Wildman–Crippen LogP) is 2.78. The minimum absolute atomic E-state index is 0.0906. The Hall–Kier alpha value is -3.53. The molecule has 0 atom stereocenters. The van der Waals surface area contributed by atoms with Crippen LogP contribution in [0.2, 0.25) is 0 Å². The summed E-state index contributed by atoms with van der Waals surface area (Å²) in [5.74, 6) is -2.01. The van der Waals surface area contributed by atoms with Crippen molar-refractivity contribution >= 4 is 33.1 Å². The molecule has 0 radical (unpaired) electrons. The largest absolute Gasteiger partial charge is 0.467 e. The van der Waals surface area contributed by atoms with Crippen LogP contribution < -0.4 is 16.6 Å². The highest BCUT2D eigenvalue weighted by Crippen LogP contribution is 2.17. The summed E-state index contributed by atoms with van der Waals surface area (Å²) >= 11 is 1.14. The third kappa shape index (κ3) is 3.61. The van der Waals surface area contributed by atoms with E-state index in [1.807, 2.05) is 0 Å². The summed E-state index contributed by atoms with van der Waals surface area (Å²) in [7, 11) is 0. The molecule has 148 valence electrons. The lowest BCUT2D eigenvalue weighted by Crippen LogP contribution is -2.41. The molecule has 0 unspecified atom stereocenters. The first-order valence-corrected chi connectivity index (χ1v) is 9.30. The highest BCUT2D eigenvalue weighted by atomic mass is 32.1. The molecule has 3 aromatic heterocycles. The standard InChI is InChI=1S/C19H13F2N3O4S/c20-11-3-4-14(13(21)8-11)22-16(25)10-23-15-5-7-29-17(15)18(26)24(19(23)27)9-12-2-1-6-28-12/h1-8H,9-10H2,(H,22,25). The lowest BCUT2D eigenvalue weighted by atomic mass is 10.3. The molecule has 4 rings (SSSR count). The Morgan fingerprint density at radius 1 is 1.14 bits per heavy atom. The van der Waals surface area contributed by atoms with Crippen LogP contribution in [-0.2, 0) is 17.9 Å². The molecule has 0 aliphatic carbocycles. The number of nitrogens with one attached hydrogen (secondary N) is 1. The van der Waals surface area contributed by atoms with Crippen molar-refractivity contribution in [3.05, 3.63) is 86.3 Å². The zero-order chi connectivity index (χ0) is 20.5. The molecule has 1 amide bonds. The van der Waals surface area contributed by atoms with Crippen molar-refractivity contribution < 1.29 is 18.0 Å². The van der Waals surface area contributed by atoms with Crippen LogP contribution in [0.15, 0.2) is 62.0 Å². The van der Waals surface area contributed by atoms with E-state index < -0.39 is 35.3 Å². The topological polar surface area (TPSA) is 86.2 Å². The fourth-order valence-corrected chi connectivity index (χ4v) is 3.75. The van der Waals surface area contributed by atoms with E-state index in [0.717, 1.165) is 32.6 Å². The molecular formula is C19H13F2N3O4S. The van der Waals surface area contributed by atoms with Crippen molar-refractivity contribution in [3.8, 4) is 0 Å². The number of nitrogens with zero attached hydrogens (tertiary/aromatic N) is 2. The maximum Gasteiger partial charge on any atom is 0.332 e. The molecule has 1 N–H and O–H groups in total. The molecule has 10 heteroatoms. The second-order valence-corrected chi connectivity index (χ2v) is 7.06. The maximum absolute atomic E-state index is 13.8. The Morgan fingerprint density at radius 3 is 2.69 bits per heavy atom. The predicted molar refractivity (Wildman–Crippen MR) is 103 cm³/mol. The summed E-state index contributed by atoms with van der Waals surface area (Å²) in [5, 5.41) is 3.94. The zero-order valence-electron chi connectivity index (χ0n) is 14.7. The maximum atomic E-state index is 13.8. The Morgan fingerprint density at radius 2 is 1.97 bits per heavy atom. The second-order valence-electron chi connectivity index (χ2n) is 6.15. The first-order chi connectivity index (χ1) is 13.9. The number of aromatic nitrogens is 2. The minimum atomic E-state index is -0.936. The quantitative estimate of drug-likeness (QED) is 0.541. The fourth-order valence-electron chi connectivity index (χ4n) is 2.91. The molecule has 3 heterocycles. The van der Waals surface area contributed by atoms with Crippen LogP contribution in [0.3, 0.4) is 0 Å². The normalized spacial score (nSPS) is 11.1. The van der Waals surface area contributed by atoms with E-state index in [1.165, 1.54) is 6.26 Å². The molecule has 0 spiro atoms. The number of halogens is 2. The third-order valence-electron chi connectivity index (χ3n) is 4.24. The van der Waals surface area contributed by atoms with Crippen molar-refractivity contribution in [1.82, 2.24) is 9.13 Å². The molecule has 0 aliphatic heterocycles. The van der Waals surface area contributed by atoms with E-state index in [0.29, 0.717) is 22.0 Å². The van der Waals surface area contributed by atoms with Gasteiger partial charge in [0.2, 0.25) is 5.91 Å². The van der Waals surface area contributed by atoms with Crippen molar-refractivity contribution in [3.63, 3.8) is 0 Å². The van der Waals surface area contributed by atoms with Gasteiger partial charge in [0.25, 0.3) is 5.56 Å². The Bertz CT molecular complexity index is 1320. The molecule has 4 aromatic rings. The summed E-state index contributed by atoms with van der Waals surface area (Å²) in [6, 6.07) is 7.55. The lowest BCUT2D eigenvalue weighted by Gasteiger charge is -2.12. The van der Waals surface area contributed by atoms with Gasteiger partial charge in [-0.05, 0) is 35.7 Å². The van der Waals surface area contributed by atoms with E-state index >= 15 is 0 Å². The number of thiophene rings is 1. The number of rotatable bonds is 5. The number of hydrogen-bond donors (Lipinski definition) is 1. The third-order valence-corrected chi connectivity index (χ3v) is 5.13. The van der Waals surface area contributed by atoms with Crippen molar-refractivity contribution in [1.29, 1.82) is 0 Å². The summed E-state index contributed by atoms with van der Waals surface area (Å²) in [4.78, 5) is 38.0. The highest BCUT2D eigenvalue weighted by molar-refractivity contribution is 7.17. The Kier molecular flexibility index (Phi) is 4.85. The molecule has 0 bridgehead atoms. The molecule has 0 aliphatic rings. The number of carbonyl (C=O) groups is 1. The summed E-state index contributed by atoms with van der Waals surface area (Å²) in [6.45, 7) is -0.548. The van der Waals surface area contributed by atoms with Crippen LogP contribution in [0, 0.1) is 11.6 Å². The van der Waals surface area contributed by atoms with Gasteiger partial charge in [-0.1, -0.05) is 0 Å². The van der Waals surface area contributed by atoms with E-state index in [-0.39, 0.29) is 12.2 Å². The molecule has 0 saturated heterocycles. The van der Waals surface area contributed by atoms with Crippen LogP contribution in [-0.4, -0.2) is 15.0 Å². The SMILES string of the molecule is O=C(Cn1c(=O)n(Cc2ccco2)c(=O)c2sccc21)Nc1ccc(F)cc1F. The van der Waals surface area contributed by atoms with Gasteiger partial charge < -0.3 is 9.73 Å². The summed E-state index contributed by atoms with van der Waals surface area (Å²) < 4.78 is 34.4. The smallest absolute Gasteiger partial charge is 0.332 e. The van der Waals surface area contributed by atoms with E-state index in [9.17, 15) is 23.2 Å². The van der Waals surface area contributed by atoms with Gasteiger partial charge in [0, 0.05) is 6.07 Å². The van der Waals surface area contributed by atoms with Gasteiger partial charge in [-0.2, -0.15) is 0 Å². The van der Waals surface area contributed by atoms with Gasteiger partial charge in [0.15, 0.2) is 0 Å². The van der Waals surface area contributed by atoms with E-state index in [4.69, 9.17) is 4.42 Å². The summed E-state index contributed by atoms with van der Waals surface area (Å²) in [6.07, 6.45) is 1.42. The fraction of sp³-hybridized carbons (Fsp3) is 0.105. The molecule has 7 nitrogen and oxygen atoms in total. The van der Waals surface area contributed by atoms with Crippen LogP contribution in [0.5, 0.6) is 0 Å². The monoisotopic (exact) mass is 417 g/mol. The van der Waals surface area contributed by atoms with Crippen LogP contribution in [0.4, 0.5) is 14.5 Å². The molecule has 29 heavy (non-hydrogen) atoms. The Labute approximate surface area is 165 Å². The minimum Gasteiger partial charge on any atom is -0.467 e.